The SMILES string of the molecule is Cc1ncc(CN=C2N[C@@H](C(C)C)CS2)s1. The van der Waals surface area contributed by atoms with Crippen LogP contribution in [-0.4, -0.2) is 21.9 Å². The Morgan fingerprint density at radius 2 is 2.44 bits per heavy atom. The number of nitrogens with one attached hydrogen (secondary N) is 1. The molecule has 1 aliphatic heterocycles. The molecule has 3 nitrogen and oxygen atoms in total. The lowest BCUT2D eigenvalue weighted by Gasteiger charge is -2.12. The summed E-state index contributed by atoms with van der Waals surface area (Å²) in [6.07, 6.45) is 1.92. The second kappa shape index (κ2) is 5.19. The van der Waals surface area contributed by atoms with E-state index in [1.807, 2.05) is 24.9 Å². The van der Waals surface area contributed by atoms with Gasteiger partial charge in [-0.15, -0.1) is 11.3 Å². The Kier molecular flexibility index (Phi) is 3.86. The number of aryl methyl sites for hydroxylation is 1. The minimum Gasteiger partial charge on any atom is -0.361 e. The first-order valence-corrected chi connectivity index (χ1v) is 7.30. The van der Waals surface area contributed by atoms with E-state index in [0.717, 1.165) is 22.5 Å². The van der Waals surface area contributed by atoms with E-state index in [4.69, 9.17) is 0 Å². The number of rotatable bonds is 3. The van der Waals surface area contributed by atoms with Crippen LogP contribution < -0.4 is 5.32 Å². The fourth-order valence-corrected chi connectivity index (χ4v) is 3.40. The first-order valence-electron chi connectivity index (χ1n) is 5.50. The Hall–Kier alpha value is -0.550. The number of hydrogen-bond donors (Lipinski definition) is 1. The van der Waals surface area contributed by atoms with Gasteiger partial charge in [0.25, 0.3) is 0 Å². The maximum Gasteiger partial charge on any atom is 0.157 e. The zero-order chi connectivity index (χ0) is 11.5. The monoisotopic (exact) mass is 255 g/mol. The molecular weight excluding hydrogens is 238 g/mol. The molecule has 1 aromatic rings. The molecule has 1 aliphatic rings. The van der Waals surface area contributed by atoms with Gasteiger partial charge >= 0.3 is 0 Å². The molecule has 0 spiro atoms. The lowest BCUT2D eigenvalue weighted by Crippen LogP contribution is -2.31. The van der Waals surface area contributed by atoms with Crippen molar-refractivity contribution in [3.8, 4) is 0 Å². The number of amidine groups is 1. The van der Waals surface area contributed by atoms with Crippen LogP contribution in [-0.2, 0) is 6.54 Å². The van der Waals surface area contributed by atoms with E-state index < -0.39 is 0 Å². The van der Waals surface area contributed by atoms with Crippen LogP contribution in [0.3, 0.4) is 0 Å². The molecule has 1 aromatic heterocycles. The second-order valence-electron chi connectivity index (χ2n) is 4.27. The van der Waals surface area contributed by atoms with Crippen LogP contribution >= 0.6 is 23.1 Å². The Labute approximate surface area is 105 Å². The number of thiazole rings is 1. The normalized spacial score (nSPS) is 23.0. The van der Waals surface area contributed by atoms with E-state index in [9.17, 15) is 0 Å². The van der Waals surface area contributed by atoms with Gasteiger partial charge in [-0.05, 0) is 12.8 Å². The van der Waals surface area contributed by atoms with Crippen molar-refractivity contribution in [2.24, 2.45) is 10.9 Å². The van der Waals surface area contributed by atoms with E-state index in [1.165, 1.54) is 4.88 Å². The molecule has 1 saturated heterocycles. The molecule has 0 aromatic carbocycles. The summed E-state index contributed by atoms with van der Waals surface area (Å²) in [5, 5.41) is 5.67. The van der Waals surface area contributed by atoms with Gasteiger partial charge in [0.2, 0.25) is 0 Å². The minimum atomic E-state index is 0.576. The van der Waals surface area contributed by atoms with Crippen molar-refractivity contribution in [2.45, 2.75) is 33.4 Å². The summed E-state index contributed by atoms with van der Waals surface area (Å²) >= 11 is 3.55. The number of nitrogens with zero attached hydrogens (tertiary/aromatic N) is 2. The Morgan fingerprint density at radius 1 is 1.62 bits per heavy atom. The number of hydrogen-bond acceptors (Lipinski definition) is 4. The van der Waals surface area contributed by atoms with Gasteiger partial charge in [0.1, 0.15) is 0 Å². The highest BCUT2D eigenvalue weighted by atomic mass is 32.2. The van der Waals surface area contributed by atoms with E-state index in [-0.39, 0.29) is 0 Å². The summed E-state index contributed by atoms with van der Waals surface area (Å²) in [5.74, 6) is 1.81. The van der Waals surface area contributed by atoms with Gasteiger partial charge < -0.3 is 5.32 Å². The van der Waals surface area contributed by atoms with Crippen LogP contribution in [0.2, 0.25) is 0 Å². The van der Waals surface area contributed by atoms with E-state index in [0.29, 0.717) is 12.0 Å². The van der Waals surface area contributed by atoms with Crippen LogP contribution in [0, 0.1) is 12.8 Å². The van der Waals surface area contributed by atoms with Gasteiger partial charge in [-0.3, -0.25) is 4.99 Å². The highest BCUT2D eigenvalue weighted by molar-refractivity contribution is 8.14. The molecular formula is C11H17N3S2. The first-order chi connectivity index (χ1) is 7.65. The lowest BCUT2D eigenvalue weighted by atomic mass is 10.1. The van der Waals surface area contributed by atoms with E-state index >= 15 is 0 Å². The zero-order valence-electron chi connectivity index (χ0n) is 9.86. The third kappa shape index (κ3) is 2.98. The molecule has 0 aliphatic carbocycles. The molecule has 1 atom stereocenters. The van der Waals surface area contributed by atoms with Gasteiger partial charge in [0.15, 0.2) is 5.17 Å². The largest absolute Gasteiger partial charge is 0.361 e. The molecule has 0 amide bonds. The number of aliphatic imine (C=N–C) groups is 1. The van der Waals surface area contributed by atoms with Crippen LogP contribution in [0.5, 0.6) is 0 Å². The summed E-state index contributed by atoms with van der Waals surface area (Å²) in [6, 6.07) is 0.576. The third-order valence-electron chi connectivity index (χ3n) is 2.56. The topological polar surface area (TPSA) is 37.3 Å². The predicted molar refractivity (Wildman–Crippen MR) is 72.2 cm³/mol. The maximum absolute atomic E-state index is 4.58. The number of aromatic nitrogens is 1. The molecule has 1 N–H and O–H groups in total. The number of thioether (sulfide) groups is 1. The van der Waals surface area contributed by atoms with Crippen LogP contribution in [0.25, 0.3) is 0 Å². The average molecular weight is 255 g/mol. The van der Waals surface area contributed by atoms with Gasteiger partial charge in [0.05, 0.1) is 11.6 Å². The van der Waals surface area contributed by atoms with Gasteiger partial charge in [-0.25, -0.2) is 4.98 Å². The molecule has 0 saturated carbocycles. The predicted octanol–water partition coefficient (Wildman–Crippen LogP) is 2.67. The van der Waals surface area contributed by atoms with Crippen LogP contribution in [0.1, 0.15) is 23.7 Å². The molecule has 5 heteroatoms. The fraction of sp³-hybridized carbons (Fsp3) is 0.636. The Morgan fingerprint density at radius 3 is 3.00 bits per heavy atom. The van der Waals surface area contributed by atoms with Crippen molar-refractivity contribution >= 4 is 28.3 Å². The van der Waals surface area contributed by atoms with Crippen molar-refractivity contribution in [3.63, 3.8) is 0 Å². The van der Waals surface area contributed by atoms with Crippen molar-refractivity contribution in [1.29, 1.82) is 0 Å². The second-order valence-corrected chi connectivity index (χ2v) is 6.60. The highest BCUT2D eigenvalue weighted by Crippen LogP contribution is 2.20. The summed E-state index contributed by atoms with van der Waals surface area (Å²) in [6.45, 7) is 7.27. The molecule has 88 valence electrons. The molecule has 0 radical (unpaired) electrons. The quantitative estimate of drug-likeness (QED) is 0.902. The Bertz CT molecular complexity index is 384. The zero-order valence-corrected chi connectivity index (χ0v) is 11.5. The van der Waals surface area contributed by atoms with Gasteiger partial charge in [-0.2, -0.15) is 0 Å². The molecule has 16 heavy (non-hydrogen) atoms. The highest BCUT2D eigenvalue weighted by Gasteiger charge is 2.22. The first kappa shape index (κ1) is 11.9. The summed E-state index contributed by atoms with van der Waals surface area (Å²) < 4.78 is 0. The van der Waals surface area contributed by atoms with Gasteiger partial charge in [0, 0.05) is 22.9 Å². The lowest BCUT2D eigenvalue weighted by molar-refractivity contribution is 0.503. The summed E-state index contributed by atoms with van der Waals surface area (Å²) in [7, 11) is 0. The van der Waals surface area contributed by atoms with Crippen molar-refractivity contribution in [1.82, 2.24) is 10.3 Å². The van der Waals surface area contributed by atoms with Crippen LogP contribution in [0.4, 0.5) is 0 Å². The van der Waals surface area contributed by atoms with Crippen molar-refractivity contribution < 1.29 is 0 Å². The fourth-order valence-electron chi connectivity index (χ4n) is 1.49. The summed E-state index contributed by atoms with van der Waals surface area (Å²) in [4.78, 5) is 10.0. The molecule has 1 fully saturated rings. The smallest absolute Gasteiger partial charge is 0.157 e. The Balaban J connectivity index is 1.90. The standard InChI is InChI=1S/C11H17N3S2/c1-7(2)10-6-15-11(14-10)13-5-9-4-12-8(3)16-9/h4,7,10H,5-6H2,1-3H3,(H,13,14)/t10-/m1/s1. The third-order valence-corrected chi connectivity index (χ3v) is 4.50. The van der Waals surface area contributed by atoms with E-state index in [1.54, 1.807) is 11.3 Å². The molecule has 2 heterocycles. The maximum atomic E-state index is 4.58. The van der Waals surface area contributed by atoms with Crippen molar-refractivity contribution in [3.05, 3.63) is 16.1 Å². The van der Waals surface area contributed by atoms with Gasteiger partial charge in [-0.1, -0.05) is 25.6 Å². The molecule has 0 unspecified atom stereocenters. The van der Waals surface area contributed by atoms with Crippen LogP contribution in [0.15, 0.2) is 11.2 Å². The minimum absolute atomic E-state index is 0.576. The molecule has 2 rings (SSSR count). The van der Waals surface area contributed by atoms with Crippen molar-refractivity contribution in [2.75, 3.05) is 5.75 Å². The average Bonchev–Trinajstić information content (AvgIpc) is 2.83. The summed E-state index contributed by atoms with van der Waals surface area (Å²) in [5.41, 5.74) is 0. The molecule has 0 bridgehead atoms. The van der Waals surface area contributed by atoms with E-state index in [2.05, 4.69) is 29.1 Å².